The Hall–Kier alpha value is -3.82. The van der Waals surface area contributed by atoms with E-state index in [9.17, 15) is 13.6 Å². The summed E-state index contributed by atoms with van der Waals surface area (Å²) in [7, 11) is 0. The summed E-state index contributed by atoms with van der Waals surface area (Å²) in [6.45, 7) is 10.7. The van der Waals surface area contributed by atoms with Gasteiger partial charge in [-0.15, -0.1) is 0 Å². The van der Waals surface area contributed by atoms with Crippen LogP contribution >= 0.6 is 0 Å². The van der Waals surface area contributed by atoms with Crippen LogP contribution in [0.2, 0.25) is 0 Å². The summed E-state index contributed by atoms with van der Waals surface area (Å²) in [5, 5.41) is 0. The van der Waals surface area contributed by atoms with E-state index in [2.05, 4.69) is 9.97 Å². The predicted octanol–water partition coefficient (Wildman–Crippen LogP) is 6.48. The molecule has 1 spiro atoms. The minimum atomic E-state index is -1.88. The van der Waals surface area contributed by atoms with Gasteiger partial charge < -0.3 is 19.3 Å². The van der Waals surface area contributed by atoms with E-state index in [0.29, 0.717) is 43.3 Å². The highest BCUT2D eigenvalue weighted by molar-refractivity contribution is 5.75. The molecular formula is C29H31F3N4O3. The van der Waals surface area contributed by atoms with Crippen molar-refractivity contribution in [2.75, 3.05) is 31.1 Å². The van der Waals surface area contributed by atoms with E-state index in [4.69, 9.17) is 9.47 Å². The third-order valence-corrected chi connectivity index (χ3v) is 6.79. The van der Waals surface area contributed by atoms with Crippen molar-refractivity contribution in [1.82, 2.24) is 14.9 Å². The summed E-state index contributed by atoms with van der Waals surface area (Å²) in [5.74, 6) is 0.000997. The maximum atomic E-state index is 15.0. The Balaban J connectivity index is 1.37. The van der Waals surface area contributed by atoms with E-state index in [-0.39, 0.29) is 28.4 Å². The van der Waals surface area contributed by atoms with Crippen molar-refractivity contribution in [3.8, 4) is 22.6 Å². The Bertz CT molecular complexity index is 1400. The van der Waals surface area contributed by atoms with Gasteiger partial charge in [0.2, 0.25) is 0 Å². The number of carbonyl (C=O) groups excluding carboxylic acids is 1. The normalized spacial score (nSPS) is 16.5. The molecule has 0 radical (unpaired) electrons. The molecule has 0 aliphatic carbocycles. The van der Waals surface area contributed by atoms with Gasteiger partial charge in [-0.3, -0.25) is 0 Å². The number of hydrogen-bond donors (Lipinski definition) is 0. The van der Waals surface area contributed by atoms with Gasteiger partial charge in [-0.2, -0.15) is 0 Å². The quantitative estimate of drug-likeness (QED) is 0.369. The fourth-order valence-electron chi connectivity index (χ4n) is 5.12. The van der Waals surface area contributed by atoms with Crippen molar-refractivity contribution >= 4 is 11.9 Å². The van der Waals surface area contributed by atoms with E-state index in [1.165, 1.54) is 56.7 Å². The third kappa shape index (κ3) is 5.51. The van der Waals surface area contributed by atoms with Gasteiger partial charge in [0.15, 0.2) is 11.6 Å². The van der Waals surface area contributed by atoms with E-state index in [0.717, 1.165) is 6.07 Å². The number of amides is 1. The van der Waals surface area contributed by atoms with Crippen LogP contribution in [-0.2, 0) is 10.4 Å². The van der Waals surface area contributed by atoms with Gasteiger partial charge in [-0.05, 0) is 76.1 Å². The summed E-state index contributed by atoms with van der Waals surface area (Å²) in [6.07, 6.45) is 2.60. The van der Waals surface area contributed by atoms with Crippen molar-refractivity contribution in [1.29, 1.82) is 0 Å². The van der Waals surface area contributed by atoms with Gasteiger partial charge in [0.05, 0.1) is 6.20 Å². The number of anilines is 1. The van der Waals surface area contributed by atoms with Crippen molar-refractivity contribution in [2.24, 2.45) is 5.41 Å². The van der Waals surface area contributed by atoms with Gasteiger partial charge >= 0.3 is 6.09 Å². The smallest absolute Gasteiger partial charge is 0.410 e. The lowest BCUT2D eigenvalue weighted by atomic mass is 9.73. The molecule has 0 atom stereocenters. The van der Waals surface area contributed by atoms with E-state index in [1.807, 2.05) is 25.7 Å². The second-order valence-electron chi connectivity index (χ2n) is 11.8. The highest BCUT2D eigenvalue weighted by Gasteiger charge is 2.54. The number of benzene rings is 2. The van der Waals surface area contributed by atoms with Crippen molar-refractivity contribution in [3.63, 3.8) is 0 Å². The van der Waals surface area contributed by atoms with Crippen LogP contribution in [0.5, 0.6) is 11.5 Å². The molecule has 3 heterocycles. The minimum absolute atomic E-state index is 0.0458. The number of aromatic nitrogens is 2. The first-order valence-corrected chi connectivity index (χ1v) is 12.7. The highest BCUT2D eigenvalue weighted by atomic mass is 19.1. The molecule has 0 saturated carbocycles. The first kappa shape index (κ1) is 26.8. The largest absolute Gasteiger partial charge is 0.451 e. The molecule has 2 aromatic carbocycles. The number of halogens is 3. The molecule has 1 aromatic heterocycles. The Morgan fingerprint density at radius 2 is 1.59 bits per heavy atom. The van der Waals surface area contributed by atoms with Gasteiger partial charge in [-0.25, -0.2) is 27.9 Å². The molecule has 3 aromatic rings. The van der Waals surface area contributed by atoms with E-state index in [1.54, 1.807) is 4.90 Å². The van der Waals surface area contributed by atoms with Gasteiger partial charge in [-0.1, -0.05) is 6.07 Å². The molecule has 2 saturated heterocycles. The lowest BCUT2D eigenvalue weighted by molar-refractivity contribution is -0.0455. The summed E-state index contributed by atoms with van der Waals surface area (Å²) in [5.41, 5.74) is -1.81. The monoisotopic (exact) mass is 540 g/mol. The first-order valence-electron chi connectivity index (χ1n) is 12.7. The fraction of sp³-hybridized carbons (Fsp3) is 0.414. The third-order valence-electron chi connectivity index (χ3n) is 6.79. The van der Waals surface area contributed by atoms with Crippen LogP contribution in [0.1, 0.15) is 40.2 Å². The molecule has 2 fully saturated rings. The second-order valence-corrected chi connectivity index (χ2v) is 11.8. The second kappa shape index (κ2) is 9.43. The summed E-state index contributed by atoms with van der Waals surface area (Å²) in [4.78, 5) is 24.6. The lowest BCUT2D eigenvalue weighted by Crippen LogP contribution is -2.73. The number of alkyl halides is 1. The number of nitrogens with zero attached hydrogens (tertiary/aromatic N) is 4. The molecule has 1 amide bonds. The molecule has 39 heavy (non-hydrogen) atoms. The molecule has 0 N–H and O–H groups in total. The minimum Gasteiger partial charge on any atom is -0.451 e. The standard InChI is InChI=1S/C29H31F3N4O3/c1-27(2,3)39-26(37)36-15-29(16-36)13-35(14-29)25-24(12-33-17-34-25)38-23-9-7-18(30)10-21(23)20-8-6-19(31)11-22(20)28(4,5)32/h6-12,17H,13-16H2,1-5H3. The number of hydrogen-bond acceptors (Lipinski definition) is 6. The number of carbonyl (C=O) groups is 1. The predicted molar refractivity (Wildman–Crippen MR) is 140 cm³/mol. The van der Waals surface area contributed by atoms with Gasteiger partial charge in [0.1, 0.15) is 35.0 Å². The first-order chi connectivity index (χ1) is 18.2. The van der Waals surface area contributed by atoms with Crippen LogP contribution in [0.15, 0.2) is 48.9 Å². The number of ether oxygens (including phenoxy) is 2. The average Bonchev–Trinajstić information content (AvgIpc) is 2.77. The molecule has 0 unspecified atom stereocenters. The average molecular weight is 541 g/mol. The van der Waals surface area contributed by atoms with E-state index >= 15 is 4.39 Å². The summed E-state index contributed by atoms with van der Waals surface area (Å²) in [6, 6.07) is 7.66. The zero-order valence-electron chi connectivity index (χ0n) is 22.6. The van der Waals surface area contributed by atoms with Crippen LogP contribution in [0.4, 0.5) is 23.8 Å². The Morgan fingerprint density at radius 1 is 0.923 bits per heavy atom. The molecule has 2 aliphatic heterocycles. The highest BCUT2D eigenvalue weighted by Crippen LogP contribution is 2.46. The maximum absolute atomic E-state index is 15.0. The lowest BCUT2D eigenvalue weighted by Gasteiger charge is -2.60. The Morgan fingerprint density at radius 3 is 2.26 bits per heavy atom. The molecule has 206 valence electrons. The molecule has 10 heteroatoms. The maximum Gasteiger partial charge on any atom is 0.410 e. The fourth-order valence-corrected chi connectivity index (χ4v) is 5.12. The molecular weight excluding hydrogens is 509 g/mol. The van der Waals surface area contributed by atoms with Crippen molar-refractivity contribution in [2.45, 2.75) is 45.9 Å². The number of likely N-dealkylation sites (tertiary alicyclic amines) is 1. The summed E-state index contributed by atoms with van der Waals surface area (Å²) < 4.78 is 55.1. The number of rotatable bonds is 5. The summed E-state index contributed by atoms with van der Waals surface area (Å²) >= 11 is 0. The van der Waals surface area contributed by atoms with Crippen LogP contribution in [0.25, 0.3) is 11.1 Å². The zero-order chi connectivity index (χ0) is 28.2. The van der Waals surface area contributed by atoms with Crippen molar-refractivity contribution in [3.05, 3.63) is 66.1 Å². The van der Waals surface area contributed by atoms with Crippen LogP contribution in [0, 0.1) is 17.0 Å². The van der Waals surface area contributed by atoms with Crippen LogP contribution in [0.3, 0.4) is 0 Å². The molecule has 2 aliphatic rings. The molecule has 0 bridgehead atoms. The molecule has 7 nitrogen and oxygen atoms in total. The topological polar surface area (TPSA) is 67.8 Å². The van der Waals surface area contributed by atoms with E-state index < -0.39 is 22.9 Å². The Labute approximate surface area is 225 Å². The van der Waals surface area contributed by atoms with Gasteiger partial charge in [0, 0.05) is 37.2 Å². The zero-order valence-corrected chi connectivity index (χ0v) is 22.6. The SMILES string of the molecule is CC(C)(C)OC(=O)N1CC2(C1)CN(c1ncncc1Oc1ccc(F)cc1-c1ccc(F)cc1C(C)(C)F)C2. The van der Waals surface area contributed by atoms with Crippen LogP contribution < -0.4 is 9.64 Å². The van der Waals surface area contributed by atoms with Crippen LogP contribution in [-0.4, -0.2) is 52.7 Å². The molecule has 5 rings (SSSR count). The Kier molecular flexibility index (Phi) is 6.47. The van der Waals surface area contributed by atoms with Gasteiger partial charge in [0.25, 0.3) is 0 Å². The van der Waals surface area contributed by atoms with Crippen molar-refractivity contribution < 1.29 is 27.4 Å².